The molecule has 0 unspecified atom stereocenters. The highest BCUT2D eigenvalue weighted by molar-refractivity contribution is 6.33. The molecule has 0 radical (unpaired) electrons. The summed E-state index contributed by atoms with van der Waals surface area (Å²) >= 11 is 5.79. The normalized spacial score (nSPS) is 9.73. The first-order valence-electron chi connectivity index (χ1n) is 4.14. The standard InChI is InChI=1S/C9H10ClN3O2/c10-6-2-1-5(9(12)15)3-7(6)13-8(14)4-11/h1-3H,4,11H2,(H2,12,15)(H,13,14). The summed E-state index contributed by atoms with van der Waals surface area (Å²) in [6.07, 6.45) is 0. The van der Waals surface area contributed by atoms with Gasteiger partial charge in [0.2, 0.25) is 11.8 Å². The molecule has 6 heteroatoms. The summed E-state index contributed by atoms with van der Waals surface area (Å²) < 4.78 is 0. The molecule has 0 spiro atoms. The van der Waals surface area contributed by atoms with Crippen molar-refractivity contribution in [3.05, 3.63) is 28.8 Å². The Kier molecular flexibility index (Phi) is 3.65. The summed E-state index contributed by atoms with van der Waals surface area (Å²) in [5.74, 6) is -0.978. The zero-order valence-electron chi connectivity index (χ0n) is 7.79. The lowest BCUT2D eigenvalue weighted by molar-refractivity contribution is -0.114. The van der Waals surface area contributed by atoms with Crippen molar-refractivity contribution in [2.24, 2.45) is 11.5 Å². The van der Waals surface area contributed by atoms with Crippen molar-refractivity contribution < 1.29 is 9.59 Å². The van der Waals surface area contributed by atoms with Crippen LogP contribution in [-0.2, 0) is 4.79 Å². The lowest BCUT2D eigenvalue weighted by atomic mass is 10.2. The predicted molar refractivity (Wildman–Crippen MR) is 57.7 cm³/mol. The van der Waals surface area contributed by atoms with E-state index >= 15 is 0 Å². The van der Waals surface area contributed by atoms with Gasteiger partial charge in [0.25, 0.3) is 0 Å². The summed E-state index contributed by atoms with van der Waals surface area (Å²) in [5, 5.41) is 2.77. The third-order valence-corrected chi connectivity index (χ3v) is 2.04. The largest absolute Gasteiger partial charge is 0.366 e. The Hall–Kier alpha value is -1.59. The van der Waals surface area contributed by atoms with Gasteiger partial charge in [-0.25, -0.2) is 0 Å². The minimum Gasteiger partial charge on any atom is -0.366 e. The van der Waals surface area contributed by atoms with Crippen LogP contribution in [0.4, 0.5) is 5.69 Å². The number of nitrogens with one attached hydrogen (secondary N) is 1. The summed E-state index contributed by atoms with van der Waals surface area (Å²) in [6, 6.07) is 4.36. The Balaban J connectivity index is 3.00. The van der Waals surface area contributed by atoms with E-state index in [1.165, 1.54) is 18.2 Å². The molecule has 5 nitrogen and oxygen atoms in total. The van der Waals surface area contributed by atoms with Gasteiger partial charge in [-0.15, -0.1) is 0 Å². The summed E-state index contributed by atoms with van der Waals surface area (Å²) in [7, 11) is 0. The van der Waals surface area contributed by atoms with E-state index in [2.05, 4.69) is 5.32 Å². The fraction of sp³-hybridized carbons (Fsp3) is 0.111. The number of halogens is 1. The smallest absolute Gasteiger partial charge is 0.248 e. The van der Waals surface area contributed by atoms with E-state index < -0.39 is 11.8 Å². The van der Waals surface area contributed by atoms with Crippen LogP contribution in [0.15, 0.2) is 18.2 Å². The van der Waals surface area contributed by atoms with E-state index in [9.17, 15) is 9.59 Å². The second kappa shape index (κ2) is 4.77. The molecule has 0 aromatic heterocycles. The highest BCUT2D eigenvalue weighted by atomic mass is 35.5. The maximum Gasteiger partial charge on any atom is 0.248 e. The number of nitrogens with two attached hydrogens (primary N) is 2. The summed E-state index contributed by atoms with van der Waals surface area (Å²) in [5.41, 5.74) is 10.8. The summed E-state index contributed by atoms with van der Waals surface area (Å²) in [4.78, 5) is 21.9. The van der Waals surface area contributed by atoms with Gasteiger partial charge in [0.05, 0.1) is 17.3 Å². The fourth-order valence-corrected chi connectivity index (χ4v) is 1.14. The number of primary amides is 1. The van der Waals surface area contributed by atoms with Gasteiger partial charge in [-0.2, -0.15) is 0 Å². The zero-order chi connectivity index (χ0) is 11.4. The molecule has 1 rings (SSSR count). The number of hydrogen-bond acceptors (Lipinski definition) is 3. The number of carbonyl (C=O) groups is 2. The molecule has 1 aromatic carbocycles. The number of benzene rings is 1. The Labute approximate surface area is 91.4 Å². The number of amides is 2. The van der Waals surface area contributed by atoms with Crippen LogP contribution in [0.2, 0.25) is 5.02 Å². The van der Waals surface area contributed by atoms with Gasteiger partial charge in [-0.3, -0.25) is 9.59 Å². The maximum absolute atomic E-state index is 11.0. The number of carbonyl (C=O) groups excluding carboxylic acids is 2. The van der Waals surface area contributed by atoms with E-state index in [1.54, 1.807) is 0 Å². The first-order chi connectivity index (χ1) is 7.04. The molecule has 5 N–H and O–H groups in total. The first kappa shape index (κ1) is 11.5. The van der Waals surface area contributed by atoms with E-state index in [1.807, 2.05) is 0 Å². The van der Waals surface area contributed by atoms with E-state index in [-0.39, 0.29) is 12.1 Å². The van der Waals surface area contributed by atoms with Crippen LogP contribution in [0.3, 0.4) is 0 Å². The quantitative estimate of drug-likeness (QED) is 0.694. The van der Waals surface area contributed by atoms with Crippen molar-refractivity contribution >= 4 is 29.1 Å². The second-order valence-corrected chi connectivity index (χ2v) is 3.22. The fourth-order valence-electron chi connectivity index (χ4n) is 0.976. The molecular weight excluding hydrogens is 218 g/mol. The molecule has 0 aliphatic rings. The second-order valence-electron chi connectivity index (χ2n) is 2.81. The Bertz CT molecular complexity index is 406. The molecule has 0 saturated heterocycles. The maximum atomic E-state index is 11.0. The number of rotatable bonds is 3. The molecule has 0 saturated carbocycles. The molecule has 2 amide bonds. The number of hydrogen-bond donors (Lipinski definition) is 3. The zero-order valence-corrected chi connectivity index (χ0v) is 8.54. The van der Waals surface area contributed by atoms with Gasteiger partial charge in [0, 0.05) is 5.56 Å². The third kappa shape index (κ3) is 2.93. The minimum atomic E-state index is -0.588. The van der Waals surface area contributed by atoms with Crippen LogP contribution in [-0.4, -0.2) is 18.4 Å². The monoisotopic (exact) mass is 227 g/mol. The van der Waals surface area contributed by atoms with Gasteiger partial charge >= 0.3 is 0 Å². The predicted octanol–water partition coefficient (Wildman–Crippen LogP) is 0.336. The van der Waals surface area contributed by atoms with E-state index in [0.717, 1.165) is 0 Å². The molecular formula is C9H10ClN3O2. The lowest BCUT2D eigenvalue weighted by Crippen LogP contribution is -2.22. The Morgan fingerprint density at radius 1 is 1.40 bits per heavy atom. The number of anilines is 1. The van der Waals surface area contributed by atoms with Crippen LogP contribution in [0, 0.1) is 0 Å². The molecule has 0 fully saturated rings. The molecule has 0 atom stereocenters. The minimum absolute atomic E-state index is 0.156. The van der Waals surface area contributed by atoms with E-state index in [0.29, 0.717) is 10.7 Å². The highest BCUT2D eigenvalue weighted by Crippen LogP contribution is 2.22. The molecule has 0 aliphatic carbocycles. The topological polar surface area (TPSA) is 98.2 Å². The van der Waals surface area contributed by atoms with Crippen LogP contribution in [0.1, 0.15) is 10.4 Å². The van der Waals surface area contributed by atoms with Crippen molar-refractivity contribution in [1.29, 1.82) is 0 Å². The van der Waals surface area contributed by atoms with Gasteiger partial charge in [-0.05, 0) is 18.2 Å². The van der Waals surface area contributed by atoms with Crippen LogP contribution >= 0.6 is 11.6 Å². The molecule has 0 heterocycles. The highest BCUT2D eigenvalue weighted by Gasteiger charge is 2.07. The molecule has 15 heavy (non-hydrogen) atoms. The van der Waals surface area contributed by atoms with Crippen molar-refractivity contribution in [3.63, 3.8) is 0 Å². The van der Waals surface area contributed by atoms with Crippen molar-refractivity contribution in [2.75, 3.05) is 11.9 Å². The van der Waals surface area contributed by atoms with Gasteiger partial charge in [0.1, 0.15) is 0 Å². The van der Waals surface area contributed by atoms with Gasteiger partial charge < -0.3 is 16.8 Å². The van der Waals surface area contributed by atoms with Crippen molar-refractivity contribution in [3.8, 4) is 0 Å². The third-order valence-electron chi connectivity index (χ3n) is 1.71. The molecule has 80 valence electrons. The Morgan fingerprint density at radius 3 is 2.60 bits per heavy atom. The molecule has 1 aromatic rings. The first-order valence-corrected chi connectivity index (χ1v) is 4.51. The average molecular weight is 228 g/mol. The lowest BCUT2D eigenvalue weighted by Gasteiger charge is -2.06. The van der Waals surface area contributed by atoms with Crippen LogP contribution in [0.25, 0.3) is 0 Å². The van der Waals surface area contributed by atoms with Crippen LogP contribution < -0.4 is 16.8 Å². The van der Waals surface area contributed by atoms with Crippen molar-refractivity contribution in [1.82, 2.24) is 0 Å². The SMILES string of the molecule is NCC(=O)Nc1cc(C(N)=O)ccc1Cl. The van der Waals surface area contributed by atoms with E-state index in [4.69, 9.17) is 23.1 Å². The van der Waals surface area contributed by atoms with Gasteiger partial charge in [0.15, 0.2) is 0 Å². The van der Waals surface area contributed by atoms with Crippen LogP contribution in [0.5, 0.6) is 0 Å². The molecule has 0 aliphatic heterocycles. The van der Waals surface area contributed by atoms with Crippen molar-refractivity contribution in [2.45, 2.75) is 0 Å². The Morgan fingerprint density at radius 2 is 2.07 bits per heavy atom. The average Bonchev–Trinajstić information content (AvgIpc) is 2.20. The summed E-state index contributed by atoms with van der Waals surface area (Å²) in [6.45, 7) is -0.156. The molecule has 0 bridgehead atoms. The van der Waals surface area contributed by atoms with Gasteiger partial charge in [-0.1, -0.05) is 11.6 Å².